The SMILES string of the molecule is CCC(C)N1CCN(S(=O)(=O)c2c[nH]c(CNC)c2)CC1. The van der Waals surface area contributed by atoms with E-state index in [1.165, 1.54) is 0 Å². The molecule has 0 spiro atoms. The van der Waals surface area contributed by atoms with E-state index in [0.717, 1.165) is 25.2 Å². The predicted molar refractivity (Wildman–Crippen MR) is 83.6 cm³/mol. The van der Waals surface area contributed by atoms with Gasteiger partial charge < -0.3 is 10.3 Å². The maximum atomic E-state index is 12.6. The molecule has 0 radical (unpaired) electrons. The summed E-state index contributed by atoms with van der Waals surface area (Å²) in [6.45, 7) is 7.75. The Morgan fingerprint density at radius 2 is 2.00 bits per heavy atom. The molecule has 1 aromatic rings. The van der Waals surface area contributed by atoms with Crippen molar-refractivity contribution >= 4 is 10.0 Å². The molecule has 2 rings (SSSR count). The lowest BCUT2D eigenvalue weighted by atomic mass is 10.2. The van der Waals surface area contributed by atoms with Crippen molar-refractivity contribution in [3.63, 3.8) is 0 Å². The van der Waals surface area contributed by atoms with Crippen LogP contribution in [0.2, 0.25) is 0 Å². The van der Waals surface area contributed by atoms with Crippen LogP contribution in [-0.2, 0) is 16.6 Å². The third-order valence-electron chi connectivity index (χ3n) is 4.21. The van der Waals surface area contributed by atoms with Crippen LogP contribution in [0, 0.1) is 0 Å². The molecule has 120 valence electrons. The van der Waals surface area contributed by atoms with E-state index in [1.807, 2.05) is 7.05 Å². The Morgan fingerprint density at radius 3 is 2.57 bits per heavy atom. The number of aromatic amines is 1. The van der Waals surface area contributed by atoms with E-state index in [-0.39, 0.29) is 0 Å². The molecule has 1 atom stereocenters. The van der Waals surface area contributed by atoms with Crippen molar-refractivity contribution in [2.24, 2.45) is 0 Å². The van der Waals surface area contributed by atoms with Crippen LogP contribution in [-0.4, -0.2) is 61.9 Å². The Labute approximate surface area is 127 Å². The molecule has 0 aliphatic carbocycles. The number of piperazine rings is 1. The lowest BCUT2D eigenvalue weighted by Gasteiger charge is -2.37. The van der Waals surface area contributed by atoms with Gasteiger partial charge >= 0.3 is 0 Å². The second-order valence-corrected chi connectivity index (χ2v) is 7.53. The summed E-state index contributed by atoms with van der Waals surface area (Å²) in [5, 5.41) is 3.01. The van der Waals surface area contributed by atoms with Crippen LogP contribution < -0.4 is 5.32 Å². The zero-order chi connectivity index (χ0) is 15.5. The average Bonchev–Trinajstić information content (AvgIpc) is 2.96. The summed E-state index contributed by atoms with van der Waals surface area (Å²) in [5.41, 5.74) is 0.884. The maximum absolute atomic E-state index is 12.6. The Hall–Kier alpha value is -0.890. The van der Waals surface area contributed by atoms with Crippen molar-refractivity contribution in [3.05, 3.63) is 18.0 Å². The van der Waals surface area contributed by atoms with Crippen molar-refractivity contribution in [1.29, 1.82) is 0 Å². The standard InChI is InChI=1S/C14H26N4O2S/c1-4-12(2)17-5-7-18(8-6-17)21(19,20)14-9-13(10-15-3)16-11-14/h9,11-12,15-16H,4-8,10H2,1-3H3. The number of hydrogen-bond donors (Lipinski definition) is 2. The van der Waals surface area contributed by atoms with E-state index < -0.39 is 10.0 Å². The van der Waals surface area contributed by atoms with Crippen LogP contribution in [0.4, 0.5) is 0 Å². The van der Waals surface area contributed by atoms with Crippen molar-refractivity contribution in [1.82, 2.24) is 19.5 Å². The number of rotatable bonds is 6. The molecule has 0 aromatic carbocycles. The van der Waals surface area contributed by atoms with Crippen LogP contribution >= 0.6 is 0 Å². The minimum Gasteiger partial charge on any atom is -0.363 e. The third kappa shape index (κ3) is 3.66. The summed E-state index contributed by atoms with van der Waals surface area (Å²) >= 11 is 0. The van der Waals surface area contributed by atoms with Crippen molar-refractivity contribution < 1.29 is 8.42 Å². The number of aromatic nitrogens is 1. The normalized spacial score (nSPS) is 19.8. The first-order valence-corrected chi connectivity index (χ1v) is 8.99. The van der Waals surface area contributed by atoms with E-state index >= 15 is 0 Å². The topological polar surface area (TPSA) is 68.4 Å². The maximum Gasteiger partial charge on any atom is 0.244 e. The zero-order valence-corrected chi connectivity index (χ0v) is 13.9. The van der Waals surface area contributed by atoms with Crippen molar-refractivity contribution in [3.8, 4) is 0 Å². The molecule has 2 N–H and O–H groups in total. The summed E-state index contributed by atoms with van der Waals surface area (Å²) < 4.78 is 26.8. The fourth-order valence-corrected chi connectivity index (χ4v) is 4.09. The van der Waals surface area contributed by atoms with Gasteiger partial charge in [0.2, 0.25) is 10.0 Å². The molecule has 0 bridgehead atoms. The first-order valence-electron chi connectivity index (χ1n) is 7.55. The van der Waals surface area contributed by atoms with E-state index in [4.69, 9.17) is 0 Å². The highest BCUT2D eigenvalue weighted by Gasteiger charge is 2.30. The van der Waals surface area contributed by atoms with Gasteiger partial charge in [-0.3, -0.25) is 4.90 Å². The molecule has 7 heteroatoms. The number of nitrogens with zero attached hydrogens (tertiary/aromatic N) is 2. The Kier molecular flexibility index (Phi) is 5.43. The summed E-state index contributed by atoms with van der Waals surface area (Å²) in [6.07, 6.45) is 2.68. The number of H-pyrrole nitrogens is 1. The molecule has 1 saturated heterocycles. The molecule has 2 heterocycles. The molecule has 6 nitrogen and oxygen atoms in total. The lowest BCUT2D eigenvalue weighted by molar-refractivity contribution is 0.142. The van der Waals surface area contributed by atoms with Crippen molar-refractivity contribution in [2.45, 2.75) is 37.8 Å². The molecule has 1 aromatic heterocycles. The molecule has 0 amide bonds. The summed E-state index contributed by atoms with van der Waals surface area (Å²) in [5.74, 6) is 0. The summed E-state index contributed by atoms with van der Waals surface area (Å²) in [4.78, 5) is 5.73. The first kappa shape index (κ1) is 16.5. The van der Waals surface area contributed by atoms with Gasteiger partial charge in [0.25, 0.3) is 0 Å². The molecule has 1 fully saturated rings. The third-order valence-corrected chi connectivity index (χ3v) is 6.09. The van der Waals surface area contributed by atoms with Gasteiger partial charge in [-0.05, 0) is 26.5 Å². The predicted octanol–water partition coefficient (Wildman–Crippen LogP) is 0.839. The lowest BCUT2D eigenvalue weighted by Crippen LogP contribution is -2.51. The fourth-order valence-electron chi connectivity index (χ4n) is 2.65. The van der Waals surface area contributed by atoms with Crippen LogP contribution in [0.15, 0.2) is 17.2 Å². The number of hydrogen-bond acceptors (Lipinski definition) is 4. The first-order chi connectivity index (χ1) is 9.98. The highest BCUT2D eigenvalue weighted by molar-refractivity contribution is 7.89. The van der Waals surface area contributed by atoms with Crippen LogP contribution in [0.25, 0.3) is 0 Å². The smallest absolute Gasteiger partial charge is 0.244 e. The van der Waals surface area contributed by atoms with E-state index in [9.17, 15) is 8.42 Å². The Morgan fingerprint density at radius 1 is 1.33 bits per heavy atom. The second kappa shape index (κ2) is 6.91. The molecule has 0 saturated carbocycles. The minimum atomic E-state index is -3.37. The van der Waals surface area contributed by atoms with Gasteiger partial charge in [-0.15, -0.1) is 0 Å². The minimum absolute atomic E-state index is 0.365. The fraction of sp³-hybridized carbons (Fsp3) is 0.714. The van der Waals surface area contributed by atoms with E-state index in [0.29, 0.717) is 30.6 Å². The highest BCUT2D eigenvalue weighted by atomic mass is 32.2. The van der Waals surface area contributed by atoms with Crippen LogP contribution in [0.5, 0.6) is 0 Å². The van der Waals surface area contributed by atoms with Crippen LogP contribution in [0.1, 0.15) is 26.0 Å². The Balaban J connectivity index is 2.03. The molecular weight excluding hydrogens is 288 g/mol. The summed E-state index contributed by atoms with van der Waals surface area (Å²) in [7, 11) is -1.53. The van der Waals surface area contributed by atoms with Gasteiger partial charge in [-0.1, -0.05) is 6.92 Å². The van der Waals surface area contributed by atoms with Gasteiger partial charge in [0, 0.05) is 50.7 Å². The number of sulfonamides is 1. The molecule has 1 aliphatic heterocycles. The Bertz CT molecular complexity index is 547. The second-order valence-electron chi connectivity index (χ2n) is 5.59. The van der Waals surface area contributed by atoms with Gasteiger partial charge in [-0.25, -0.2) is 8.42 Å². The molecule has 21 heavy (non-hydrogen) atoms. The van der Waals surface area contributed by atoms with E-state index in [1.54, 1.807) is 16.6 Å². The molecule has 1 aliphatic rings. The van der Waals surface area contributed by atoms with Gasteiger partial charge in [0.05, 0.1) is 4.90 Å². The van der Waals surface area contributed by atoms with Crippen molar-refractivity contribution in [2.75, 3.05) is 33.2 Å². The zero-order valence-electron chi connectivity index (χ0n) is 13.1. The average molecular weight is 314 g/mol. The van der Waals surface area contributed by atoms with E-state index in [2.05, 4.69) is 29.0 Å². The van der Waals surface area contributed by atoms with Gasteiger partial charge in [0.1, 0.15) is 0 Å². The number of nitrogens with one attached hydrogen (secondary N) is 2. The van der Waals surface area contributed by atoms with Gasteiger partial charge in [-0.2, -0.15) is 4.31 Å². The monoisotopic (exact) mass is 314 g/mol. The summed E-state index contributed by atoms with van der Waals surface area (Å²) in [6, 6.07) is 2.23. The largest absolute Gasteiger partial charge is 0.363 e. The van der Waals surface area contributed by atoms with Gasteiger partial charge in [0.15, 0.2) is 0 Å². The molecular formula is C14H26N4O2S. The molecule has 1 unspecified atom stereocenters. The highest BCUT2D eigenvalue weighted by Crippen LogP contribution is 2.19. The quantitative estimate of drug-likeness (QED) is 0.816. The van der Waals surface area contributed by atoms with Crippen LogP contribution in [0.3, 0.4) is 0 Å².